The van der Waals surface area contributed by atoms with Crippen molar-refractivity contribution in [2.45, 2.75) is 19.8 Å². The third-order valence-corrected chi connectivity index (χ3v) is 3.52. The van der Waals surface area contributed by atoms with Crippen LogP contribution in [-0.2, 0) is 12.8 Å². The number of para-hydroxylation sites is 1. The molecule has 86 valence electrons. The molecule has 0 aromatic heterocycles. The summed E-state index contributed by atoms with van der Waals surface area (Å²) in [6.45, 7) is 3.32. The zero-order valence-electron chi connectivity index (χ0n) is 10.2. The third kappa shape index (κ3) is 1.82. The molecule has 0 amide bonds. The summed E-state index contributed by atoms with van der Waals surface area (Å²) in [4.78, 5) is 2.43. The molecule has 1 nitrogen and oxygen atoms in total. The van der Waals surface area contributed by atoms with Gasteiger partial charge in [-0.05, 0) is 42.2 Å². The van der Waals surface area contributed by atoms with E-state index in [9.17, 15) is 0 Å². The van der Waals surface area contributed by atoms with Gasteiger partial charge in [0.15, 0.2) is 0 Å². The van der Waals surface area contributed by atoms with Crippen molar-refractivity contribution in [1.29, 1.82) is 0 Å². The van der Waals surface area contributed by atoms with Gasteiger partial charge in [-0.15, -0.1) is 0 Å². The Hall–Kier alpha value is -1.76. The topological polar surface area (TPSA) is 3.24 Å². The first kappa shape index (κ1) is 10.4. The molecule has 0 atom stereocenters. The van der Waals surface area contributed by atoms with Gasteiger partial charge in [-0.25, -0.2) is 0 Å². The van der Waals surface area contributed by atoms with Crippen LogP contribution in [0.4, 0.5) is 11.4 Å². The fourth-order valence-electron chi connectivity index (χ4n) is 2.52. The average molecular weight is 223 g/mol. The van der Waals surface area contributed by atoms with Crippen LogP contribution in [0.15, 0.2) is 48.5 Å². The quantitative estimate of drug-likeness (QED) is 0.745. The van der Waals surface area contributed by atoms with Gasteiger partial charge in [0.2, 0.25) is 0 Å². The Labute approximate surface area is 103 Å². The molecule has 0 saturated heterocycles. The fraction of sp³-hybridized carbons (Fsp3) is 0.250. The van der Waals surface area contributed by atoms with Gasteiger partial charge in [-0.3, -0.25) is 0 Å². The molecule has 1 heterocycles. The SMILES string of the molecule is CCc1ccc2c(c1)N(c1ccccc1)CC2. The lowest BCUT2D eigenvalue weighted by atomic mass is 10.1. The van der Waals surface area contributed by atoms with Crippen molar-refractivity contribution in [3.8, 4) is 0 Å². The van der Waals surface area contributed by atoms with Crippen LogP contribution in [0.2, 0.25) is 0 Å². The molecule has 0 unspecified atom stereocenters. The van der Waals surface area contributed by atoms with Gasteiger partial charge in [0.25, 0.3) is 0 Å². The first-order chi connectivity index (χ1) is 8.38. The van der Waals surface area contributed by atoms with Crippen molar-refractivity contribution in [2.75, 3.05) is 11.4 Å². The van der Waals surface area contributed by atoms with Crippen LogP contribution >= 0.6 is 0 Å². The second kappa shape index (κ2) is 4.25. The number of nitrogens with zero attached hydrogens (tertiary/aromatic N) is 1. The van der Waals surface area contributed by atoms with Gasteiger partial charge in [0.05, 0.1) is 0 Å². The number of hydrogen-bond acceptors (Lipinski definition) is 1. The van der Waals surface area contributed by atoms with Crippen molar-refractivity contribution in [3.63, 3.8) is 0 Å². The molecule has 0 radical (unpaired) electrons. The molecule has 0 N–H and O–H groups in total. The number of anilines is 2. The molecule has 1 aliphatic rings. The van der Waals surface area contributed by atoms with Crippen LogP contribution in [0.25, 0.3) is 0 Å². The molecule has 0 spiro atoms. The van der Waals surface area contributed by atoms with E-state index in [1.807, 2.05) is 0 Å². The summed E-state index contributed by atoms with van der Waals surface area (Å²) < 4.78 is 0. The second-order valence-electron chi connectivity index (χ2n) is 4.55. The third-order valence-electron chi connectivity index (χ3n) is 3.52. The van der Waals surface area contributed by atoms with E-state index in [1.54, 1.807) is 0 Å². The minimum atomic E-state index is 1.10. The molecule has 0 saturated carbocycles. The minimum Gasteiger partial charge on any atom is -0.341 e. The largest absolute Gasteiger partial charge is 0.341 e. The summed E-state index contributed by atoms with van der Waals surface area (Å²) in [5.41, 5.74) is 5.60. The number of benzene rings is 2. The summed E-state index contributed by atoms with van der Waals surface area (Å²) in [6.07, 6.45) is 2.27. The molecule has 2 aromatic carbocycles. The maximum atomic E-state index is 2.43. The summed E-state index contributed by atoms with van der Waals surface area (Å²) in [7, 11) is 0. The predicted octanol–water partition coefficient (Wildman–Crippen LogP) is 3.94. The summed E-state index contributed by atoms with van der Waals surface area (Å²) >= 11 is 0. The molecule has 17 heavy (non-hydrogen) atoms. The monoisotopic (exact) mass is 223 g/mol. The van der Waals surface area contributed by atoms with Gasteiger partial charge < -0.3 is 4.90 Å². The van der Waals surface area contributed by atoms with Crippen molar-refractivity contribution >= 4 is 11.4 Å². The van der Waals surface area contributed by atoms with E-state index in [-0.39, 0.29) is 0 Å². The molecule has 0 fully saturated rings. The van der Waals surface area contributed by atoms with Crippen LogP contribution in [0.5, 0.6) is 0 Å². The Kier molecular flexibility index (Phi) is 2.60. The standard InChI is InChI=1S/C16H17N/c1-2-13-8-9-14-10-11-17(16(14)12-13)15-6-4-3-5-7-15/h3-9,12H,2,10-11H2,1H3. The van der Waals surface area contributed by atoms with Crippen molar-refractivity contribution in [1.82, 2.24) is 0 Å². The van der Waals surface area contributed by atoms with Crippen LogP contribution in [0.1, 0.15) is 18.1 Å². The normalized spacial score (nSPS) is 13.8. The fourth-order valence-corrected chi connectivity index (χ4v) is 2.52. The average Bonchev–Trinajstić information content (AvgIpc) is 2.82. The van der Waals surface area contributed by atoms with Gasteiger partial charge in [-0.1, -0.05) is 37.3 Å². The minimum absolute atomic E-state index is 1.10. The molecule has 0 bridgehead atoms. The zero-order chi connectivity index (χ0) is 11.7. The number of rotatable bonds is 2. The summed E-state index contributed by atoms with van der Waals surface area (Å²) in [5, 5.41) is 0. The Morgan fingerprint density at radius 2 is 1.88 bits per heavy atom. The molecule has 2 aromatic rings. The highest BCUT2D eigenvalue weighted by atomic mass is 15.2. The van der Waals surface area contributed by atoms with Gasteiger partial charge in [0.1, 0.15) is 0 Å². The lowest BCUT2D eigenvalue weighted by molar-refractivity contribution is 0.998. The lowest BCUT2D eigenvalue weighted by Gasteiger charge is -2.20. The highest BCUT2D eigenvalue weighted by molar-refractivity contribution is 5.70. The van der Waals surface area contributed by atoms with Crippen LogP contribution in [0.3, 0.4) is 0 Å². The zero-order valence-corrected chi connectivity index (χ0v) is 10.2. The van der Waals surface area contributed by atoms with Crippen LogP contribution in [0, 0.1) is 0 Å². The van der Waals surface area contributed by atoms with Gasteiger partial charge in [0, 0.05) is 17.9 Å². The van der Waals surface area contributed by atoms with E-state index in [2.05, 4.69) is 60.4 Å². The van der Waals surface area contributed by atoms with Crippen molar-refractivity contribution in [2.24, 2.45) is 0 Å². The Balaban J connectivity index is 2.03. The van der Waals surface area contributed by atoms with E-state index in [0.29, 0.717) is 0 Å². The molecular weight excluding hydrogens is 206 g/mol. The molecule has 1 heteroatoms. The molecule has 3 rings (SSSR count). The van der Waals surface area contributed by atoms with E-state index in [1.165, 1.54) is 22.5 Å². The number of aryl methyl sites for hydroxylation is 1. The lowest BCUT2D eigenvalue weighted by Crippen LogP contribution is -2.12. The van der Waals surface area contributed by atoms with E-state index < -0.39 is 0 Å². The predicted molar refractivity (Wildman–Crippen MR) is 73.0 cm³/mol. The summed E-state index contributed by atoms with van der Waals surface area (Å²) in [6, 6.07) is 17.6. The number of hydrogen-bond donors (Lipinski definition) is 0. The number of fused-ring (bicyclic) bond motifs is 1. The first-order valence-corrected chi connectivity index (χ1v) is 6.33. The molecular formula is C16H17N. The van der Waals surface area contributed by atoms with Crippen LogP contribution < -0.4 is 4.90 Å². The van der Waals surface area contributed by atoms with Gasteiger partial charge >= 0.3 is 0 Å². The van der Waals surface area contributed by atoms with Crippen molar-refractivity contribution < 1.29 is 0 Å². The summed E-state index contributed by atoms with van der Waals surface area (Å²) in [5.74, 6) is 0. The van der Waals surface area contributed by atoms with Crippen LogP contribution in [-0.4, -0.2) is 6.54 Å². The van der Waals surface area contributed by atoms with Gasteiger partial charge in [-0.2, -0.15) is 0 Å². The van der Waals surface area contributed by atoms with E-state index >= 15 is 0 Å². The smallest absolute Gasteiger partial charge is 0.0446 e. The molecule has 0 aliphatic carbocycles. The highest BCUT2D eigenvalue weighted by Gasteiger charge is 2.20. The van der Waals surface area contributed by atoms with E-state index in [4.69, 9.17) is 0 Å². The Morgan fingerprint density at radius 3 is 2.65 bits per heavy atom. The maximum absolute atomic E-state index is 2.43. The first-order valence-electron chi connectivity index (χ1n) is 6.33. The van der Waals surface area contributed by atoms with E-state index in [0.717, 1.165) is 19.4 Å². The second-order valence-corrected chi connectivity index (χ2v) is 4.55. The molecule has 1 aliphatic heterocycles. The highest BCUT2D eigenvalue weighted by Crippen LogP contribution is 2.34. The Morgan fingerprint density at radius 1 is 1.06 bits per heavy atom. The Bertz CT molecular complexity index is 516. The van der Waals surface area contributed by atoms with Crippen molar-refractivity contribution in [3.05, 3.63) is 59.7 Å². The maximum Gasteiger partial charge on any atom is 0.0446 e.